The highest BCUT2D eigenvalue weighted by atomic mass is 35.5. The Kier molecular flexibility index (Phi) is 5.25. The zero-order valence-corrected chi connectivity index (χ0v) is 18.4. The molecule has 1 N–H and O–H groups in total. The van der Waals surface area contributed by atoms with Crippen molar-refractivity contribution in [2.24, 2.45) is 0 Å². The van der Waals surface area contributed by atoms with Gasteiger partial charge in [-0.05, 0) is 43.0 Å². The number of anilines is 1. The summed E-state index contributed by atoms with van der Waals surface area (Å²) in [7, 11) is 0. The Morgan fingerprint density at radius 3 is 2.55 bits per heavy atom. The van der Waals surface area contributed by atoms with Crippen LogP contribution in [0, 0.1) is 13.8 Å². The van der Waals surface area contributed by atoms with Gasteiger partial charge in [-0.3, -0.25) is 14.5 Å². The lowest BCUT2D eigenvalue weighted by atomic mass is 9.95. The molecule has 4 rings (SSSR count). The molecule has 1 amide bonds. The van der Waals surface area contributed by atoms with E-state index >= 15 is 0 Å². The van der Waals surface area contributed by atoms with Crippen molar-refractivity contribution in [3.63, 3.8) is 0 Å². The van der Waals surface area contributed by atoms with Crippen molar-refractivity contribution < 1.29 is 14.7 Å². The molecule has 0 saturated heterocycles. The number of carbonyl (C=O) groups excluding carboxylic acids is 2. The number of aryl methyl sites for hydroxylation is 2. The first kappa shape index (κ1) is 20.1. The van der Waals surface area contributed by atoms with Crippen LogP contribution >= 0.6 is 45.9 Å². The number of hydrogen-bond donors (Lipinski definition) is 1. The van der Waals surface area contributed by atoms with E-state index in [0.717, 1.165) is 10.6 Å². The summed E-state index contributed by atoms with van der Waals surface area (Å²) in [6, 6.07) is 7.42. The normalized spacial score (nSPS) is 16.8. The van der Waals surface area contributed by atoms with Crippen LogP contribution in [0.4, 0.5) is 5.13 Å². The molecule has 9 heteroatoms. The molecule has 2 aromatic heterocycles. The van der Waals surface area contributed by atoms with Crippen molar-refractivity contribution in [1.29, 1.82) is 0 Å². The molecular formula is C20H14Cl2N2O3S2. The maximum absolute atomic E-state index is 13.2. The van der Waals surface area contributed by atoms with Crippen LogP contribution in [-0.2, 0) is 4.79 Å². The lowest BCUT2D eigenvalue weighted by molar-refractivity contribution is -0.117. The molecule has 0 aliphatic carbocycles. The topological polar surface area (TPSA) is 70.5 Å². The smallest absolute Gasteiger partial charge is 0.296 e. The van der Waals surface area contributed by atoms with E-state index in [1.54, 1.807) is 35.7 Å². The average Bonchev–Trinajstić information content (AvgIpc) is 3.38. The predicted molar refractivity (Wildman–Crippen MR) is 117 cm³/mol. The van der Waals surface area contributed by atoms with Crippen molar-refractivity contribution in [3.05, 3.63) is 78.1 Å². The van der Waals surface area contributed by atoms with Crippen molar-refractivity contribution in [2.45, 2.75) is 19.9 Å². The van der Waals surface area contributed by atoms with E-state index in [4.69, 9.17) is 23.2 Å². The van der Waals surface area contributed by atoms with Crippen LogP contribution in [0.1, 0.15) is 31.8 Å². The third kappa shape index (κ3) is 3.38. The molecule has 5 nitrogen and oxygen atoms in total. The van der Waals surface area contributed by atoms with Crippen LogP contribution in [0.5, 0.6) is 0 Å². The summed E-state index contributed by atoms with van der Waals surface area (Å²) in [6.07, 6.45) is 0. The molecule has 29 heavy (non-hydrogen) atoms. The number of aliphatic hydroxyl groups excluding tert-OH is 1. The van der Waals surface area contributed by atoms with Crippen LogP contribution in [-0.4, -0.2) is 21.8 Å². The van der Waals surface area contributed by atoms with Gasteiger partial charge in [0.1, 0.15) is 0 Å². The molecule has 3 aromatic rings. The van der Waals surface area contributed by atoms with E-state index in [0.29, 0.717) is 20.6 Å². The number of thiazole rings is 1. The van der Waals surface area contributed by atoms with Gasteiger partial charge in [0.15, 0.2) is 10.9 Å². The SMILES string of the molecule is Cc1nc(N2C(=O)C(O)=C(C(=O)c3cccs3)[C@H]2c2ccc(Cl)c(Cl)c2)sc1C. The van der Waals surface area contributed by atoms with Gasteiger partial charge in [-0.15, -0.1) is 22.7 Å². The number of aromatic nitrogens is 1. The molecule has 1 aliphatic heterocycles. The van der Waals surface area contributed by atoms with Gasteiger partial charge in [-0.25, -0.2) is 4.98 Å². The second-order valence-electron chi connectivity index (χ2n) is 6.46. The molecule has 1 aliphatic rings. The number of thiophene rings is 1. The van der Waals surface area contributed by atoms with Crippen LogP contribution in [0.3, 0.4) is 0 Å². The van der Waals surface area contributed by atoms with Gasteiger partial charge < -0.3 is 5.11 Å². The highest BCUT2D eigenvalue weighted by Crippen LogP contribution is 2.44. The Bertz CT molecular complexity index is 1150. The van der Waals surface area contributed by atoms with Gasteiger partial charge >= 0.3 is 0 Å². The second kappa shape index (κ2) is 7.57. The summed E-state index contributed by atoms with van der Waals surface area (Å²) in [5.74, 6) is -1.66. The van der Waals surface area contributed by atoms with E-state index in [9.17, 15) is 14.7 Å². The molecular weight excluding hydrogens is 451 g/mol. The number of aliphatic hydroxyl groups is 1. The first-order chi connectivity index (χ1) is 13.8. The Balaban J connectivity index is 1.91. The van der Waals surface area contributed by atoms with Crippen molar-refractivity contribution in [2.75, 3.05) is 4.90 Å². The van der Waals surface area contributed by atoms with Gasteiger partial charge in [0.05, 0.1) is 32.2 Å². The van der Waals surface area contributed by atoms with Crippen LogP contribution in [0.2, 0.25) is 10.0 Å². The predicted octanol–water partition coefficient (Wildman–Crippen LogP) is 5.91. The summed E-state index contributed by atoms with van der Waals surface area (Å²) in [5.41, 5.74) is 1.34. The molecule has 0 spiro atoms. The minimum Gasteiger partial charge on any atom is -0.503 e. The zero-order valence-electron chi connectivity index (χ0n) is 15.3. The fourth-order valence-corrected chi connectivity index (χ4v) is 5.05. The first-order valence-electron chi connectivity index (χ1n) is 8.53. The maximum Gasteiger partial charge on any atom is 0.296 e. The lowest BCUT2D eigenvalue weighted by Gasteiger charge is -2.24. The van der Waals surface area contributed by atoms with E-state index in [-0.39, 0.29) is 10.6 Å². The molecule has 0 bridgehead atoms. The Labute approximate surface area is 184 Å². The van der Waals surface area contributed by atoms with Crippen LogP contribution < -0.4 is 4.90 Å². The van der Waals surface area contributed by atoms with Crippen molar-refractivity contribution in [3.8, 4) is 0 Å². The van der Waals surface area contributed by atoms with E-state index in [1.165, 1.54) is 27.6 Å². The summed E-state index contributed by atoms with van der Waals surface area (Å²) in [5, 5.41) is 13.5. The zero-order chi connectivity index (χ0) is 20.9. The first-order valence-corrected chi connectivity index (χ1v) is 11.0. The summed E-state index contributed by atoms with van der Waals surface area (Å²) >= 11 is 14.8. The van der Waals surface area contributed by atoms with Gasteiger partial charge in [-0.1, -0.05) is 35.3 Å². The number of Topliss-reactive ketones (excluding diaryl/α,β-unsaturated/α-hetero) is 1. The Morgan fingerprint density at radius 1 is 1.21 bits per heavy atom. The van der Waals surface area contributed by atoms with Gasteiger partial charge in [0.2, 0.25) is 5.78 Å². The largest absolute Gasteiger partial charge is 0.503 e. The fraction of sp³-hybridized carbons (Fsp3) is 0.150. The highest BCUT2D eigenvalue weighted by molar-refractivity contribution is 7.16. The van der Waals surface area contributed by atoms with Crippen LogP contribution in [0.15, 0.2) is 47.0 Å². The molecule has 0 radical (unpaired) electrons. The number of carbonyl (C=O) groups is 2. The average molecular weight is 465 g/mol. The number of amides is 1. The number of rotatable bonds is 4. The third-order valence-electron chi connectivity index (χ3n) is 4.68. The Morgan fingerprint density at radius 2 is 1.97 bits per heavy atom. The van der Waals surface area contributed by atoms with Gasteiger partial charge in [-0.2, -0.15) is 0 Å². The molecule has 1 atom stereocenters. The number of halogens is 2. The van der Waals surface area contributed by atoms with Crippen LogP contribution in [0.25, 0.3) is 0 Å². The molecule has 148 valence electrons. The number of nitrogens with zero attached hydrogens (tertiary/aromatic N) is 2. The summed E-state index contributed by atoms with van der Waals surface area (Å²) in [4.78, 5) is 33.4. The van der Waals surface area contributed by atoms with E-state index < -0.39 is 23.5 Å². The third-order valence-corrected chi connectivity index (χ3v) is 7.36. The number of hydrogen-bond acceptors (Lipinski definition) is 6. The highest BCUT2D eigenvalue weighted by Gasteiger charge is 2.46. The van der Waals surface area contributed by atoms with E-state index in [2.05, 4.69) is 4.98 Å². The second-order valence-corrected chi connectivity index (χ2v) is 9.40. The fourth-order valence-electron chi connectivity index (χ4n) is 3.13. The minimum atomic E-state index is -0.864. The lowest BCUT2D eigenvalue weighted by Crippen LogP contribution is -2.31. The van der Waals surface area contributed by atoms with Gasteiger partial charge in [0, 0.05) is 4.88 Å². The molecule has 1 aromatic carbocycles. The van der Waals surface area contributed by atoms with Gasteiger partial charge in [0.25, 0.3) is 5.91 Å². The molecule has 0 unspecified atom stereocenters. The Hall–Kier alpha value is -2.19. The number of ketones is 1. The van der Waals surface area contributed by atoms with Crippen molar-refractivity contribution >= 4 is 62.7 Å². The minimum absolute atomic E-state index is 0.00125. The molecule has 0 fully saturated rings. The molecule has 3 heterocycles. The quantitative estimate of drug-likeness (QED) is 0.487. The standard InChI is InChI=1S/C20H14Cl2N2O3S2/c1-9-10(2)29-20(23-9)24-16(11-5-6-12(21)13(22)8-11)15(18(26)19(24)27)17(25)14-4-3-7-28-14/h3-8,16,26H,1-2H3/t16-/m1/s1. The van der Waals surface area contributed by atoms with Crippen molar-refractivity contribution in [1.82, 2.24) is 4.98 Å². The molecule has 0 saturated carbocycles. The maximum atomic E-state index is 13.2. The van der Waals surface area contributed by atoms with E-state index in [1.807, 2.05) is 13.8 Å². The summed E-state index contributed by atoms with van der Waals surface area (Å²) in [6.45, 7) is 3.74. The monoisotopic (exact) mass is 464 g/mol. The summed E-state index contributed by atoms with van der Waals surface area (Å²) < 4.78 is 0. The number of benzene rings is 1.